The Hall–Kier alpha value is -1.78. The lowest BCUT2D eigenvalue weighted by molar-refractivity contribution is 0.561. The van der Waals surface area contributed by atoms with Gasteiger partial charge >= 0.3 is 0 Å². The second-order valence-corrected chi connectivity index (χ2v) is 9.38. The number of aryl methyl sites for hydroxylation is 2. The summed E-state index contributed by atoms with van der Waals surface area (Å²) in [6.07, 6.45) is 1.99. The van der Waals surface area contributed by atoms with Crippen molar-refractivity contribution in [3.63, 3.8) is 0 Å². The molecule has 0 bridgehead atoms. The molecular formula is C20H22ClNO2S. The van der Waals surface area contributed by atoms with E-state index in [9.17, 15) is 8.42 Å². The molecule has 25 heavy (non-hydrogen) atoms. The van der Waals surface area contributed by atoms with E-state index in [-0.39, 0.29) is 4.90 Å². The predicted octanol–water partition coefficient (Wildman–Crippen LogP) is 5.35. The Labute approximate surface area is 155 Å². The summed E-state index contributed by atoms with van der Waals surface area (Å²) in [6.45, 7) is 9.67. The van der Waals surface area contributed by atoms with Gasteiger partial charge in [0, 0.05) is 10.6 Å². The van der Waals surface area contributed by atoms with E-state index in [1.54, 1.807) is 18.2 Å². The Morgan fingerprint density at radius 3 is 2.20 bits per heavy atom. The van der Waals surface area contributed by atoms with Crippen LogP contribution in [0.2, 0.25) is 5.02 Å². The third kappa shape index (κ3) is 2.98. The van der Waals surface area contributed by atoms with Gasteiger partial charge in [0.1, 0.15) is 0 Å². The molecular weight excluding hydrogens is 354 g/mol. The minimum atomic E-state index is -3.72. The number of rotatable bonds is 2. The summed E-state index contributed by atoms with van der Waals surface area (Å²) >= 11 is 6.33. The summed E-state index contributed by atoms with van der Waals surface area (Å²) in [4.78, 5) is 0.279. The Bertz CT molecular complexity index is 974. The monoisotopic (exact) mass is 375 g/mol. The summed E-state index contributed by atoms with van der Waals surface area (Å²) < 4.78 is 28.4. The van der Waals surface area contributed by atoms with Crippen molar-refractivity contribution >= 4 is 32.9 Å². The Morgan fingerprint density at radius 2 is 1.60 bits per heavy atom. The smallest absolute Gasteiger partial charge is 0.256 e. The van der Waals surface area contributed by atoms with Crippen LogP contribution in [0.1, 0.15) is 37.5 Å². The first-order chi connectivity index (χ1) is 11.5. The van der Waals surface area contributed by atoms with Crippen LogP contribution < -0.4 is 4.31 Å². The van der Waals surface area contributed by atoms with Crippen LogP contribution in [0.5, 0.6) is 0 Å². The van der Waals surface area contributed by atoms with E-state index in [0.717, 1.165) is 22.3 Å². The van der Waals surface area contributed by atoms with E-state index in [0.29, 0.717) is 10.7 Å². The van der Waals surface area contributed by atoms with Crippen LogP contribution in [0.3, 0.4) is 0 Å². The quantitative estimate of drug-likeness (QED) is 0.709. The van der Waals surface area contributed by atoms with Crippen molar-refractivity contribution in [2.45, 2.75) is 45.1 Å². The minimum absolute atomic E-state index is 0.279. The van der Waals surface area contributed by atoms with Crippen molar-refractivity contribution in [2.75, 3.05) is 4.31 Å². The molecule has 0 unspecified atom stereocenters. The van der Waals surface area contributed by atoms with E-state index in [4.69, 9.17) is 11.6 Å². The first kappa shape index (κ1) is 18.0. The molecule has 1 heterocycles. The average molecular weight is 376 g/mol. The number of hydrogen-bond acceptors (Lipinski definition) is 2. The zero-order chi connectivity index (χ0) is 18.6. The van der Waals surface area contributed by atoms with Gasteiger partial charge in [0.2, 0.25) is 0 Å². The molecule has 3 nitrogen and oxygen atoms in total. The molecule has 0 fully saturated rings. The number of hydrogen-bond donors (Lipinski definition) is 0. The fraction of sp³-hybridized carbons (Fsp3) is 0.300. The molecule has 0 spiro atoms. The first-order valence-electron chi connectivity index (χ1n) is 8.16. The number of fused-ring (bicyclic) bond motifs is 1. The van der Waals surface area contributed by atoms with Gasteiger partial charge in [0.15, 0.2) is 0 Å². The molecule has 0 amide bonds. The average Bonchev–Trinajstić information content (AvgIpc) is 2.49. The number of allylic oxidation sites excluding steroid dienone is 1. The summed E-state index contributed by atoms with van der Waals surface area (Å²) in [5.41, 5.74) is 3.83. The predicted molar refractivity (Wildman–Crippen MR) is 105 cm³/mol. The molecule has 0 saturated carbocycles. The molecule has 1 aliphatic rings. The van der Waals surface area contributed by atoms with Gasteiger partial charge < -0.3 is 0 Å². The molecule has 2 aromatic rings. The molecule has 0 N–H and O–H groups in total. The van der Waals surface area contributed by atoms with Crippen LogP contribution in [-0.4, -0.2) is 14.0 Å². The molecule has 0 aliphatic carbocycles. The Balaban J connectivity index is 2.28. The van der Waals surface area contributed by atoms with E-state index in [2.05, 4.69) is 0 Å². The molecule has 2 aromatic carbocycles. The highest BCUT2D eigenvalue weighted by molar-refractivity contribution is 7.93. The zero-order valence-corrected chi connectivity index (χ0v) is 16.7. The SMILES string of the molecule is CC1=CC(C)(C)N(S(=O)(=O)c2ccc(C)cc2)c2cc(Cl)c(C)cc21. The van der Waals surface area contributed by atoms with Crippen LogP contribution in [0, 0.1) is 13.8 Å². The van der Waals surface area contributed by atoms with E-state index < -0.39 is 15.6 Å². The highest BCUT2D eigenvalue weighted by Gasteiger charge is 2.40. The second-order valence-electron chi connectivity index (χ2n) is 7.18. The number of benzene rings is 2. The van der Waals surface area contributed by atoms with Crippen molar-refractivity contribution in [3.05, 3.63) is 64.2 Å². The van der Waals surface area contributed by atoms with Crippen LogP contribution in [0.15, 0.2) is 47.4 Å². The van der Waals surface area contributed by atoms with Crippen molar-refractivity contribution in [1.82, 2.24) is 0 Å². The maximum Gasteiger partial charge on any atom is 0.265 e. The fourth-order valence-corrected chi connectivity index (χ4v) is 5.32. The van der Waals surface area contributed by atoms with Crippen LogP contribution in [-0.2, 0) is 10.0 Å². The summed E-state index contributed by atoms with van der Waals surface area (Å²) in [6, 6.07) is 10.7. The van der Waals surface area contributed by atoms with Gasteiger partial charge in [-0.1, -0.05) is 35.4 Å². The van der Waals surface area contributed by atoms with Crippen molar-refractivity contribution in [3.8, 4) is 0 Å². The third-order valence-corrected chi connectivity index (χ3v) is 7.00. The van der Waals surface area contributed by atoms with Gasteiger partial charge in [-0.2, -0.15) is 0 Å². The number of sulfonamides is 1. The maximum absolute atomic E-state index is 13.4. The van der Waals surface area contributed by atoms with Crippen molar-refractivity contribution in [2.24, 2.45) is 0 Å². The fourth-order valence-electron chi connectivity index (χ4n) is 3.39. The number of nitrogens with zero attached hydrogens (tertiary/aromatic N) is 1. The Morgan fingerprint density at radius 1 is 1.00 bits per heavy atom. The molecule has 1 aliphatic heterocycles. The number of anilines is 1. The van der Waals surface area contributed by atoms with Gasteiger partial charge in [0.25, 0.3) is 10.0 Å². The van der Waals surface area contributed by atoms with E-state index in [1.165, 1.54) is 4.31 Å². The highest BCUT2D eigenvalue weighted by atomic mass is 35.5. The van der Waals surface area contributed by atoms with Crippen LogP contribution in [0.4, 0.5) is 5.69 Å². The lowest BCUT2D eigenvalue weighted by atomic mass is 9.90. The van der Waals surface area contributed by atoms with Crippen molar-refractivity contribution in [1.29, 1.82) is 0 Å². The van der Waals surface area contributed by atoms with Crippen LogP contribution in [0.25, 0.3) is 5.57 Å². The standard InChI is InChI=1S/C20H22ClNO2S/c1-13-6-8-16(9-7-13)25(23,24)22-19-11-18(21)14(2)10-17(19)15(3)12-20(22,4)5/h6-12H,1-5H3. The molecule has 0 atom stereocenters. The first-order valence-corrected chi connectivity index (χ1v) is 9.98. The Kier molecular flexibility index (Phi) is 4.25. The number of halogens is 1. The molecule has 5 heteroatoms. The lowest BCUT2D eigenvalue weighted by Crippen LogP contribution is -2.48. The van der Waals surface area contributed by atoms with E-state index >= 15 is 0 Å². The molecule has 0 aromatic heterocycles. The zero-order valence-electron chi connectivity index (χ0n) is 15.1. The maximum atomic E-state index is 13.4. The minimum Gasteiger partial charge on any atom is -0.256 e. The lowest BCUT2D eigenvalue weighted by Gasteiger charge is -2.42. The second kappa shape index (κ2) is 5.89. The topological polar surface area (TPSA) is 37.4 Å². The molecule has 0 radical (unpaired) electrons. The van der Waals surface area contributed by atoms with E-state index in [1.807, 2.05) is 58.9 Å². The van der Waals surface area contributed by atoms with Gasteiger partial charge in [-0.15, -0.1) is 0 Å². The normalized spacial score (nSPS) is 16.4. The summed E-state index contributed by atoms with van der Waals surface area (Å²) in [5.74, 6) is 0. The van der Waals surface area contributed by atoms with Gasteiger partial charge in [-0.3, -0.25) is 4.31 Å². The molecule has 3 rings (SSSR count). The summed E-state index contributed by atoms with van der Waals surface area (Å²) in [5, 5.41) is 0.563. The van der Waals surface area contributed by atoms with Crippen LogP contribution >= 0.6 is 11.6 Å². The summed E-state index contributed by atoms with van der Waals surface area (Å²) in [7, 11) is -3.72. The highest BCUT2D eigenvalue weighted by Crippen LogP contribution is 2.44. The largest absolute Gasteiger partial charge is 0.265 e. The van der Waals surface area contributed by atoms with Gasteiger partial charge in [-0.25, -0.2) is 8.42 Å². The molecule has 132 valence electrons. The third-order valence-electron chi connectivity index (χ3n) is 4.57. The van der Waals surface area contributed by atoms with Gasteiger partial charge in [-0.05, 0) is 70.0 Å². The molecule has 0 saturated heterocycles. The van der Waals surface area contributed by atoms with Gasteiger partial charge in [0.05, 0.1) is 16.1 Å². The van der Waals surface area contributed by atoms with Crippen molar-refractivity contribution < 1.29 is 8.42 Å².